The van der Waals surface area contributed by atoms with Crippen LogP contribution in [0.15, 0.2) is 30.3 Å². The Morgan fingerprint density at radius 3 is 2.69 bits per heavy atom. The molecule has 0 aromatic heterocycles. The third-order valence-electron chi connectivity index (χ3n) is 2.68. The molecule has 2 rings (SSSR count). The van der Waals surface area contributed by atoms with Crippen molar-refractivity contribution in [1.29, 1.82) is 0 Å². The second kappa shape index (κ2) is 3.90. The number of aliphatic hydroxyl groups excluding tert-OH is 1. The molecule has 1 fully saturated rings. The number of hydrogen-bond acceptors (Lipinski definition) is 2. The third-order valence-corrected chi connectivity index (χ3v) is 2.68. The summed E-state index contributed by atoms with van der Waals surface area (Å²) in [5.41, 5.74) is 1.33. The van der Waals surface area contributed by atoms with E-state index in [2.05, 4.69) is 29.6 Å². The van der Waals surface area contributed by atoms with Gasteiger partial charge in [0, 0.05) is 19.2 Å². The molecule has 1 aliphatic heterocycles. The monoisotopic (exact) mass is 177 g/mol. The van der Waals surface area contributed by atoms with Crippen LogP contribution in [0, 0.1) is 5.92 Å². The van der Waals surface area contributed by atoms with Crippen molar-refractivity contribution >= 4 is 0 Å². The van der Waals surface area contributed by atoms with Crippen molar-refractivity contribution in [2.75, 3.05) is 13.2 Å². The highest BCUT2D eigenvalue weighted by Gasteiger charge is 2.23. The maximum Gasteiger partial charge on any atom is 0.0472 e. The first-order chi connectivity index (χ1) is 6.40. The minimum absolute atomic E-state index is 0.302. The Morgan fingerprint density at radius 1 is 1.31 bits per heavy atom. The summed E-state index contributed by atoms with van der Waals surface area (Å²) in [6.07, 6.45) is 1.06. The van der Waals surface area contributed by atoms with Crippen LogP contribution < -0.4 is 5.32 Å². The lowest BCUT2D eigenvalue weighted by Crippen LogP contribution is -2.14. The number of benzene rings is 1. The number of nitrogens with one attached hydrogen (secondary N) is 1. The minimum atomic E-state index is 0.302. The van der Waals surface area contributed by atoms with Crippen LogP contribution in [0.1, 0.15) is 18.0 Å². The van der Waals surface area contributed by atoms with E-state index < -0.39 is 0 Å². The normalized spacial score (nSPS) is 27.8. The predicted molar refractivity (Wildman–Crippen MR) is 52.4 cm³/mol. The molecular formula is C11H15NO. The molecule has 1 aromatic carbocycles. The molecule has 0 aliphatic carbocycles. The summed E-state index contributed by atoms with van der Waals surface area (Å²) in [4.78, 5) is 0. The van der Waals surface area contributed by atoms with Crippen LogP contribution >= 0.6 is 0 Å². The average molecular weight is 177 g/mol. The first-order valence-corrected chi connectivity index (χ1v) is 4.79. The van der Waals surface area contributed by atoms with Gasteiger partial charge in [0.25, 0.3) is 0 Å². The fourth-order valence-corrected chi connectivity index (χ4v) is 1.89. The largest absolute Gasteiger partial charge is 0.396 e. The van der Waals surface area contributed by atoms with E-state index in [-0.39, 0.29) is 0 Å². The molecule has 2 nitrogen and oxygen atoms in total. The molecule has 1 aromatic rings. The fraction of sp³-hybridized carbons (Fsp3) is 0.455. The molecule has 0 spiro atoms. The van der Waals surface area contributed by atoms with Crippen molar-refractivity contribution in [3.05, 3.63) is 35.9 Å². The van der Waals surface area contributed by atoms with E-state index in [0.717, 1.165) is 13.0 Å². The molecule has 70 valence electrons. The highest BCUT2D eigenvalue weighted by Crippen LogP contribution is 2.26. The Bertz CT molecular complexity index is 260. The first-order valence-electron chi connectivity index (χ1n) is 4.79. The van der Waals surface area contributed by atoms with Gasteiger partial charge >= 0.3 is 0 Å². The lowest BCUT2D eigenvalue weighted by molar-refractivity contribution is 0.236. The highest BCUT2D eigenvalue weighted by atomic mass is 16.3. The van der Waals surface area contributed by atoms with Crippen LogP contribution in [0.4, 0.5) is 0 Å². The summed E-state index contributed by atoms with van der Waals surface area (Å²) in [6.45, 7) is 1.24. The SMILES string of the molecule is OC[C@@H]1CN[C@H](c2ccccc2)C1. The van der Waals surface area contributed by atoms with Crippen LogP contribution in [0.5, 0.6) is 0 Å². The second-order valence-electron chi connectivity index (χ2n) is 3.66. The molecule has 13 heavy (non-hydrogen) atoms. The topological polar surface area (TPSA) is 32.3 Å². The third kappa shape index (κ3) is 1.90. The first kappa shape index (κ1) is 8.73. The van der Waals surface area contributed by atoms with Gasteiger partial charge in [-0.1, -0.05) is 30.3 Å². The van der Waals surface area contributed by atoms with E-state index in [1.165, 1.54) is 5.56 Å². The van der Waals surface area contributed by atoms with E-state index in [4.69, 9.17) is 5.11 Å². The maximum atomic E-state index is 8.99. The average Bonchev–Trinajstić information content (AvgIpc) is 2.67. The number of aliphatic hydroxyl groups is 1. The molecular weight excluding hydrogens is 162 g/mol. The van der Waals surface area contributed by atoms with Crippen LogP contribution in [-0.2, 0) is 0 Å². The van der Waals surface area contributed by atoms with Crippen LogP contribution in [-0.4, -0.2) is 18.3 Å². The van der Waals surface area contributed by atoms with Gasteiger partial charge in [0.1, 0.15) is 0 Å². The fourth-order valence-electron chi connectivity index (χ4n) is 1.89. The molecule has 1 heterocycles. The van der Waals surface area contributed by atoms with E-state index in [9.17, 15) is 0 Å². The molecule has 2 heteroatoms. The van der Waals surface area contributed by atoms with Gasteiger partial charge in [0.05, 0.1) is 0 Å². The van der Waals surface area contributed by atoms with Crippen molar-refractivity contribution < 1.29 is 5.11 Å². The van der Waals surface area contributed by atoms with Gasteiger partial charge in [0.2, 0.25) is 0 Å². The number of hydrogen-bond donors (Lipinski definition) is 2. The molecule has 0 amide bonds. The van der Waals surface area contributed by atoms with Crippen LogP contribution in [0.3, 0.4) is 0 Å². The second-order valence-corrected chi connectivity index (χ2v) is 3.66. The molecule has 0 saturated carbocycles. The zero-order valence-corrected chi connectivity index (χ0v) is 7.61. The van der Waals surface area contributed by atoms with Crippen molar-refractivity contribution in [2.45, 2.75) is 12.5 Å². The summed E-state index contributed by atoms with van der Waals surface area (Å²) in [5.74, 6) is 0.435. The summed E-state index contributed by atoms with van der Waals surface area (Å²) in [7, 11) is 0. The van der Waals surface area contributed by atoms with E-state index in [0.29, 0.717) is 18.6 Å². The highest BCUT2D eigenvalue weighted by molar-refractivity contribution is 5.19. The Hall–Kier alpha value is -0.860. The molecule has 1 saturated heterocycles. The Kier molecular flexibility index (Phi) is 2.62. The lowest BCUT2D eigenvalue weighted by Gasteiger charge is -2.09. The van der Waals surface area contributed by atoms with Gasteiger partial charge in [-0.3, -0.25) is 0 Å². The molecule has 0 bridgehead atoms. The van der Waals surface area contributed by atoms with E-state index >= 15 is 0 Å². The summed E-state index contributed by atoms with van der Waals surface area (Å²) >= 11 is 0. The molecule has 2 N–H and O–H groups in total. The Morgan fingerprint density at radius 2 is 2.08 bits per heavy atom. The minimum Gasteiger partial charge on any atom is -0.396 e. The quantitative estimate of drug-likeness (QED) is 0.714. The lowest BCUT2D eigenvalue weighted by atomic mass is 10.0. The molecule has 1 aliphatic rings. The maximum absolute atomic E-state index is 8.99. The van der Waals surface area contributed by atoms with Gasteiger partial charge in [-0.15, -0.1) is 0 Å². The molecule has 0 unspecified atom stereocenters. The van der Waals surface area contributed by atoms with Gasteiger partial charge in [0.15, 0.2) is 0 Å². The van der Waals surface area contributed by atoms with Gasteiger partial charge in [-0.2, -0.15) is 0 Å². The summed E-state index contributed by atoms with van der Waals surface area (Å²) < 4.78 is 0. The predicted octanol–water partition coefficient (Wildman–Crippen LogP) is 1.33. The van der Waals surface area contributed by atoms with Crippen molar-refractivity contribution in [3.63, 3.8) is 0 Å². The van der Waals surface area contributed by atoms with Crippen molar-refractivity contribution in [3.8, 4) is 0 Å². The van der Waals surface area contributed by atoms with Crippen LogP contribution in [0.2, 0.25) is 0 Å². The smallest absolute Gasteiger partial charge is 0.0472 e. The summed E-state index contributed by atoms with van der Waals surface area (Å²) in [5, 5.41) is 12.4. The standard InChI is InChI=1S/C11H15NO/c13-8-9-6-11(12-7-9)10-4-2-1-3-5-10/h1-5,9,11-13H,6-8H2/t9-,11-/m0/s1. The Labute approximate surface area is 78.6 Å². The van der Waals surface area contributed by atoms with Crippen molar-refractivity contribution in [1.82, 2.24) is 5.32 Å². The van der Waals surface area contributed by atoms with Crippen molar-refractivity contribution in [2.24, 2.45) is 5.92 Å². The zero-order valence-electron chi connectivity index (χ0n) is 7.61. The molecule has 0 radical (unpaired) electrons. The summed E-state index contributed by atoms with van der Waals surface area (Å²) in [6, 6.07) is 10.9. The van der Waals surface area contributed by atoms with E-state index in [1.54, 1.807) is 0 Å². The molecule has 2 atom stereocenters. The van der Waals surface area contributed by atoms with Gasteiger partial charge < -0.3 is 10.4 Å². The number of rotatable bonds is 2. The van der Waals surface area contributed by atoms with Gasteiger partial charge in [-0.05, 0) is 17.9 Å². The zero-order chi connectivity index (χ0) is 9.10. The van der Waals surface area contributed by atoms with E-state index in [1.807, 2.05) is 6.07 Å². The Balaban J connectivity index is 2.04. The van der Waals surface area contributed by atoms with Crippen LogP contribution in [0.25, 0.3) is 0 Å². The van der Waals surface area contributed by atoms with Gasteiger partial charge in [-0.25, -0.2) is 0 Å².